The van der Waals surface area contributed by atoms with Crippen LogP contribution in [0.3, 0.4) is 0 Å². The van der Waals surface area contributed by atoms with Crippen LogP contribution in [0.15, 0.2) is 48.5 Å². The maximum Gasteiger partial charge on any atom is 0.260 e. The molecule has 0 saturated carbocycles. The van der Waals surface area contributed by atoms with Crippen molar-refractivity contribution in [2.75, 3.05) is 6.54 Å². The summed E-state index contributed by atoms with van der Waals surface area (Å²) in [5.41, 5.74) is 1.22. The first kappa shape index (κ1) is 20.1. The van der Waals surface area contributed by atoms with Crippen molar-refractivity contribution >= 4 is 17.5 Å². The quantitative estimate of drug-likeness (QED) is 0.649. The number of benzene rings is 2. The molecule has 2 rings (SSSR count). The van der Waals surface area contributed by atoms with Crippen molar-refractivity contribution in [3.8, 4) is 11.5 Å². The van der Waals surface area contributed by atoms with E-state index in [0.29, 0.717) is 17.3 Å². The smallest absolute Gasteiger partial charge is 0.260 e. The SMILES string of the molecule is CC(C)Oc1ccc(CCCNC(=O)[C@@H](C)Oc2ccc(Cl)cc2)cc1. The molecule has 2 aromatic carbocycles. The van der Waals surface area contributed by atoms with Crippen LogP contribution in [0, 0.1) is 0 Å². The molecule has 0 radical (unpaired) electrons. The summed E-state index contributed by atoms with van der Waals surface area (Å²) in [4.78, 5) is 12.1. The predicted molar refractivity (Wildman–Crippen MR) is 105 cm³/mol. The Labute approximate surface area is 160 Å². The number of carbonyl (C=O) groups excluding carboxylic acids is 1. The van der Waals surface area contributed by atoms with E-state index in [1.165, 1.54) is 5.56 Å². The second kappa shape index (κ2) is 10.1. The molecule has 0 spiro atoms. The Morgan fingerprint density at radius 2 is 1.54 bits per heavy atom. The maximum atomic E-state index is 12.1. The Balaban J connectivity index is 1.68. The van der Waals surface area contributed by atoms with Gasteiger partial charge in [-0.3, -0.25) is 4.79 Å². The van der Waals surface area contributed by atoms with E-state index < -0.39 is 6.10 Å². The van der Waals surface area contributed by atoms with Crippen molar-refractivity contribution in [1.82, 2.24) is 5.32 Å². The highest BCUT2D eigenvalue weighted by atomic mass is 35.5. The van der Waals surface area contributed by atoms with E-state index in [4.69, 9.17) is 21.1 Å². The van der Waals surface area contributed by atoms with Crippen molar-refractivity contribution in [3.05, 3.63) is 59.1 Å². The van der Waals surface area contributed by atoms with E-state index in [1.54, 1.807) is 31.2 Å². The molecule has 0 bridgehead atoms. The molecule has 0 unspecified atom stereocenters. The molecular weight excluding hydrogens is 350 g/mol. The van der Waals surface area contributed by atoms with Crippen LogP contribution in [0.1, 0.15) is 32.8 Å². The van der Waals surface area contributed by atoms with E-state index in [9.17, 15) is 4.79 Å². The fourth-order valence-corrected chi connectivity index (χ4v) is 2.55. The highest BCUT2D eigenvalue weighted by Crippen LogP contribution is 2.17. The van der Waals surface area contributed by atoms with Gasteiger partial charge in [-0.2, -0.15) is 0 Å². The van der Waals surface area contributed by atoms with Gasteiger partial charge in [0.1, 0.15) is 11.5 Å². The molecule has 2 aromatic rings. The lowest BCUT2D eigenvalue weighted by Crippen LogP contribution is -2.36. The Hall–Kier alpha value is -2.20. The zero-order valence-corrected chi connectivity index (χ0v) is 16.3. The number of halogens is 1. The third-order valence-electron chi connectivity index (χ3n) is 3.73. The van der Waals surface area contributed by atoms with Crippen LogP contribution >= 0.6 is 11.6 Å². The third-order valence-corrected chi connectivity index (χ3v) is 3.98. The zero-order chi connectivity index (χ0) is 18.9. The van der Waals surface area contributed by atoms with Gasteiger partial charge in [0.2, 0.25) is 0 Å². The summed E-state index contributed by atoms with van der Waals surface area (Å²) in [6, 6.07) is 15.1. The van der Waals surface area contributed by atoms with E-state index in [1.807, 2.05) is 26.0 Å². The number of hydrogen-bond acceptors (Lipinski definition) is 3. The number of carbonyl (C=O) groups is 1. The van der Waals surface area contributed by atoms with Crippen molar-refractivity contribution in [2.45, 2.75) is 45.8 Å². The average molecular weight is 376 g/mol. The molecule has 1 N–H and O–H groups in total. The molecule has 0 heterocycles. The monoisotopic (exact) mass is 375 g/mol. The first-order valence-electron chi connectivity index (χ1n) is 8.89. The van der Waals surface area contributed by atoms with Crippen LogP contribution in [0.25, 0.3) is 0 Å². The number of nitrogens with one attached hydrogen (secondary N) is 1. The largest absolute Gasteiger partial charge is 0.491 e. The second-order valence-corrected chi connectivity index (χ2v) is 6.86. The van der Waals surface area contributed by atoms with Crippen LogP contribution in [0.4, 0.5) is 0 Å². The summed E-state index contributed by atoms with van der Waals surface area (Å²) in [6.07, 6.45) is 1.38. The number of rotatable bonds is 9. The van der Waals surface area contributed by atoms with Gasteiger partial charge in [-0.15, -0.1) is 0 Å². The van der Waals surface area contributed by atoms with Gasteiger partial charge in [-0.25, -0.2) is 0 Å². The molecule has 0 aromatic heterocycles. The van der Waals surface area contributed by atoms with Gasteiger partial charge in [-0.1, -0.05) is 23.7 Å². The van der Waals surface area contributed by atoms with Crippen LogP contribution < -0.4 is 14.8 Å². The summed E-state index contributed by atoms with van der Waals surface area (Å²) in [7, 11) is 0. The fraction of sp³-hybridized carbons (Fsp3) is 0.381. The number of hydrogen-bond donors (Lipinski definition) is 1. The third kappa shape index (κ3) is 6.96. The van der Waals surface area contributed by atoms with Gasteiger partial charge in [0.15, 0.2) is 6.10 Å². The fourth-order valence-electron chi connectivity index (χ4n) is 2.43. The average Bonchev–Trinajstić information content (AvgIpc) is 2.61. The lowest BCUT2D eigenvalue weighted by molar-refractivity contribution is -0.127. The molecule has 140 valence electrons. The number of amides is 1. The minimum absolute atomic E-state index is 0.124. The normalized spacial score (nSPS) is 11.9. The molecule has 0 saturated heterocycles. The molecule has 4 nitrogen and oxygen atoms in total. The van der Waals surface area contributed by atoms with Crippen LogP contribution in [-0.4, -0.2) is 24.7 Å². The summed E-state index contributed by atoms with van der Waals surface area (Å²) in [5.74, 6) is 1.38. The highest BCUT2D eigenvalue weighted by Gasteiger charge is 2.13. The van der Waals surface area contributed by atoms with Crippen molar-refractivity contribution in [1.29, 1.82) is 0 Å². The lowest BCUT2D eigenvalue weighted by atomic mass is 10.1. The Morgan fingerprint density at radius 3 is 2.15 bits per heavy atom. The minimum atomic E-state index is -0.552. The molecule has 0 aliphatic heterocycles. The first-order valence-corrected chi connectivity index (χ1v) is 9.27. The Kier molecular flexibility index (Phi) is 7.79. The minimum Gasteiger partial charge on any atom is -0.491 e. The first-order chi connectivity index (χ1) is 12.4. The summed E-state index contributed by atoms with van der Waals surface area (Å²) < 4.78 is 11.2. The van der Waals surface area contributed by atoms with Gasteiger partial charge < -0.3 is 14.8 Å². The molecule has 5 heteroatoms. The van der Waals surface area contributed by atoms with Crippen molar-refractivity contribution in [3.63, 3.8) is 0 Å². The zero-order valence-electron chi connectivity index (χ0n) is 15.5. The van der Waals surface area contributed by atoms with Gasteiger partial charge in [0, 0.05) is 11.6 Å². The molecule has 0 fully saturated rings. The van der Waals surface area contributed by atoms with Gasteiger partial charge in [-0.05, 0) is 75.6 Å². The van der Waals surface area contributed by atoms with Crippen LogP contribution in [0.2, 0.25) is 5.02 Å². The molecular formula is C21H26ClNO3. The molecule has 1 amide bonds. The van der Waals surface area contributed by atoms with E-state index in [0.717, 1.165) is 18.6 Å². The Bertz CT molecular complexity index is 683. The lowest BCUT2D eigenvalue weighted by Gasteiger charge is -2.15. The number of ether oxygens (including phenoxy) is 2. The molecule has 26 heavy (non-hydrogen) atoms. The van der Waals surface area contributed by atoms with E-state index in [2.05, 4.69) is 17.4 Å². The van der Waals surface area contributed by atoms with Crippen LogP contribution in [0.5, 0.6) is 11.5 Å². The topological polar surface area (TPSA) is 47.6 Å². The second-order valence-electron chi connectivity index (χ2n) is 6.42. The Morgan fingerprint density at radius 1 is 0.962 bits per heavy atom. The molecule has 0 aliphatic carbocycles. The molecule has 0 aliphatic rings. The van der Waals surface area contributed by atoms with Crippen molar-refractivity contribution in [2.24, 2.45) is 0 Å². The van der Waals surface area contributed by atoms with E-state index in [-0.39, 0.29) is 12.0 Å². The summed E-state index contributed by atoms with van der Waals surface area (Å²) >= 11 is 5.83. The summed E-state index contributed by atoms with van der Waals surface area (Å²) in [5, 5.41) is 3.54. The highest BCUT2D eigenvalue weighted by molar-refractivity contribution is 6.30. The van der Waals surface area contributed by atoms with Crippen LogP contribution in [-0.2, 0) is 11.2 Å². The molecule has 1 atom stereocenters. The summed E-state index contributed by atoms with van der Waals surface area (Å²) in [6.45, 7) is 6.36. The van der Waals surface area contributed by atoms with Gasteiger partial charge in [0.05, 0.1) is 6.10 Å². The van der Waals surface area contributed by atoms with Gasteiger partial charge >= 0.3 is 0 Å². The predicted octanol–water partition coefficient (Wildman–Crippen LogP) is 4.64. The standard InChI is InChI=1S/C21H26ClNO3/c1-15(2)25-19-10-6-17(7-11-19)5-4-14-23-21(24)16(3)26-20-12-8-18(22)9-13-20/h6-13,15-16H,4-5,14H2,1-3H3,(H,23,24)/t16-/m1/s1. The van der Waals surface area contributed by atoms with Gasteiger partial charge in [0.25, 0.3) is 5.91 Å². The maximum absolute atomic E-state index is 12.1. The number of aryl methyl sites for hydroxylation is 1. The van der Waals surface area contributed by atoms with Crippen molar-refractivity contribution < 1.29 is 14.3 Å². The van der Waals surface area contributed by atoms with E-state index >= 15 is 0 Å².